The fourth-order valence-corrected chi connectivity index (χ4v) is 2.43. The Hall–Kier alpha value is -1.35. The van der Waals surface area contributed by atoms with E-state index in [2.05, 4.69) is 0 Å². The Morgan fingerprint density at radius 2 is 1.60 bits per heavy atom. The first-order valence-corrected chi connectivity index (χ1v) is 7.03. The van der Waals surface area contributed by atoms with Crippen LogP contribution in [0.15, 0.2) is 48.5 Å². The van der Waals surface area contributed by atoms with E-state index in [4.69, 9.17) is 23.2 Å². The predicted octanol–water partition coefficient (Wildman–Crippen LogP) is 4.31. The Kier molecular flexibility index (Phi) is 5.18. The average molecular weight is 308 g/mol. The molecule has 0 aromatic heterocycles. The molecule has 2 aromatic rings. The molecule has 0 unspecified atom stereocenters. The van der Waals surface area contributed by atoms with Gasteiger partial charge in [-0.05, 0) is 30.8 Å². The van der Waals surface area contributed by atoms with Crippen molar-refractivity contribution in [3.05, 3.63) is 69.7 Å². The van der Waals surface area contributed by atoms with Gasteiger partial charge in [0.25, 0.3) is 0 Å². The smallest absolute Gasteiger partial charge is 0.178 e. The van der Waals surface area contributed by atoms with Crippen LogP contribution in [0.3, 0.4) is 0 Å². The molecule has 0 bridgehead atoms. The van der Waals surface area contributed by atoms with Crippen molar-refractivity contribution in [2.24, 2.45) is 0 Å². The Bertz CT molecular complexity index is 613. The number of nitrogens with zero attached hydrogens (tertiary/aromatic N) is 1. The number of ketones is 1. The van der Waals surface area contributed by atoms with Gasteiger partial charge >= 0.3 is 0 Å². The average Bonchev–Trinajstić information content (AvgIpc) is 2.41. The Labute approximate surface area is 128 Å². The van der Waals surface area contributed by atoms with Gasteiger partial charge in [-0.1, -0.05) is 53.5 Å². The first-order valence-electron chi connectivity index (χ1n) is 6.27. The summed E-state index contributed by atoms with van der Waals surface area (Å²) in [6.07, 6.45) is 0. The fourth-order valence-electron chi connectivity index (χ4n) is 1.99. The second-order valence-electron chi connectivity index (χ2n) is 4.67. The van der Waals surface area contributed by atoms with Crippen molar-refractivity contribution in [1.82, 2.24) is 4.90 Å². The topological polar surface area (TPSA) is 20.3 Å². The van der Waals surface area contributed by atoms with Crippen molar-refractivity contribution >= 4 is 29.0 Å². The molecule has 0 saturated carbocycles. The highest BCUT2D eigenvalue weighted by atomic mass is 35.5. The zero-order valence-electron chi connectivity index (χ0n) is 11.1. The van der Waals surface area contributed by atoms with Crippen LogP contribution in [0.25, 0.3) is 0 Å². The first-order chi connectivity index (χ1) is 9.58. The molecule has 0 atom stereocenters. The molecule has 0 aliphatic carbocycles. The van der Waals surface area contributed by atoms with Crippen molar-refractivity contribution in [3.8, 4) is 0 Å². The van der Waals surface area contributed by atoms with E-state index in [9.17, 15) is 4.79 Å². The standard InChI is InChI=1S/C16H15Cl2NO/c1-19(10-12-6-2-4-8-14(12)17)11-16(20)13-7-3-5-9-15(13)18/h2-9H,10-11H2,1H3. The first kappa shape index (κ1) is 15.0. The maximum atomic E-state index is 12.2. The number of halogens is 2. The third kappa shape index (κ3) is 3.83. The quantitative estimate of drug-likeness (QED) is 0.767. The molecule has 0 saturated heterocycles. The van der Waals surface area contributed by atoms with Gasteiger partial charge in [-0.2, -0.15) is 0 Å². The number of carbonyl (C=O) groups is 1. The molecular formula is C16H15Cl2NO. The van der Waals surface area contributed by atoms with Crippen molar-refractivity contribution in [1.29, 1.82) is 0 Å². The van der Waals surface area contributed by atoms with E-state index < -0.39 is 0 Å². The Morgan fingerprint density at radius 3 is 2.25 bits per heavy atom. The highest BCUT2D eigenvalue weighted by Gasteiger charge is 2.13. The molecule has 104 valence electrons. The summed E-state index contributed by atoms with van der Waals surface area (Å²) >= 11 is 12.1. The Morgan fingerprint density at radius 1 is 1.00 bits per heavy atom. The van der Waals surface area contributed by atoms with Crippen LogP contribution >= 0.6 is 23.2 Å². The third-order valence-corrected chi connectivity index (χ3v) is 3.68. The van der Waals surface area contributed by atoms with E-state index in [0.717, 1.165) is 5.56 Å². The molecule has 20 heavy (non-hydrogen) atoms. The summed E-state index contributed by atoms with van der Waals surface area (Å²) in [5.41, 5.74) is 1.56. The van der Waals surface area contributed by atoms with E-state index in [1.54, 1.807) is 12.1 Å². The van der Waals surface area contributed by atoms with E-state index in [1.807, 2.05) is 48.3 Å². The number of carbonyl (C=O) groups excluding carboxylic acids is 1. The van der Waals surface area contributed by atoms with Gasteiger partial charge in [-0.25, -0.2) is 0 Å². The van der Waals surface area contributed by atoms with Crippen molar-refractivity contribution in [3.63, 3.8) is 0 Å². The monoisotopic (exact) mass is 307 g/mol. The third-order valence-electron chi connectivity index (χ3n) is 2.99. The van der Waals surface area contributed by atoms with Gasteiger partial charge in [-0.3, -0.25) is 9.69 Å². The predicted molar refractivity (Wildman–Crippen MR) is 83.6 cm³/mol. The minimum atomic E-state index is 0.00477. The zero-order chi connectivity index (χ0) is 14.5. The van der Waals surface area contributed by atoms with Crippen molar-refractivity contribution < 1.29 is 4.79 Å². The summed E-state index contributed by atoms with van der Waals surface area (Å²) in [5, 5.41) is 1.20. The number of likely N-dealkylation sites (N-methyl/N-ethyl adjacent to an activating group) is 1. The molecule has 0 radical (unpaired) electrons. The van der Waals surface area contributed by atoms with Crippen LogP contribution in [-0.4, -0.2) is 24.3 Å². The van der Waals surface area contributed by atoms with Crippen molar-refractivity contribution in [2.45, 2.75) is 6.54 Å². The van der Waals surface area contributed by atoms with E-state index in [0.29, 0.717) is 28.7 Å². The molecule has 0 N–H and O–H groups in total. The summed E-state index contributed by atoms with van der Waals surface area (Å²) in [6, 6.07) is 14.7. The summed E-state index contributed by atoms with van der Waals surface area (Å²) < 4.78 is 0. The zero-order valence-corrected chi connectivity index (χ0v) is 12.7. The van der Waals surface area contributed by atoms with Gasteiger partial charge in [0.05, 0.1) is 11.6 Å². The number of hydrogen-bond donors (Lipinski definition) is 0. The molecular weight excluding hydrogens is 293 g/mol. The molecule has 2 nitrogen and oxygen atoms in total. The van der Waals surface area contributed by atoms with Gasteiger partial charge in [0, 0.05) is 17.1 Å². The van der Waals surface area contributed by atoms with Crippen molar-refractivity contribution in [2.75, 3.05) is 13.6 Å². The number of hydrogen-bond acceptors (Lipinski definition) is 2. The molecule has 0 aliphatic rings. The SMILES string of the molecule is CN(CC(=O)c1ccccc1Cl)Cc1ccccc1Cl. The summed E-state index contributed by atoms with van der Waals surface area (Å²) in [5.74, 6) is 0.00477. The van der Waals surface area contributed by atoms with E-state index >= 15 is 0 Å². The van der Waals surface area contributed by atoms with Crippen LogP contribution in [0.2, 0.25) is 10.0 Å². The van der Waals surface area contributed by atoms with Gasteiger partial charge in [0.2, 0.25) is 0 Å². The second-order valence-corrected chi connectivity index (χ2v) is 5.48. The normalized spacial score (nSPS) is 10.8. The van der Waals surface area contributed by atoms with Gasteiger partial charge in [-0.15, -0.1) is 0 Å². The maximum Gasteiger partial charge on any atom is 0.178 e. The Balaban J connectivity index is 2.02. The number of benzene rings is 2. The lowest BCUT2D eigenvalue weighted by atomic mass is 10.1. The summed E-state index contributed by atoms with van der Waals surface area (Å²) in [4.78, 5) is 14.1. The second kappa shape index (κ2) is 6.89. The summed E-state index contributed by atoms with van der Waals surface area (Å²) in [6.45, 7) is 0.921. The molecule has 0 aliphatic heterocycles. The highest BCUT2D eigenvalue weighted by molar-refractivity contribution is 6.34. The minimum Gasteiger partial charge on any atom is -0.295 e. The molecule has 0 amide bonds. The number of Topliss-reactive ketones (excluding diaryl/α,β-unsaturated/α-hetero) is 1. The lowest BCUT2D eigenvalue weighted by Gasteiger charge is -2.17. The molecule has 2 rings (SSSR count). The fraction of sp³-hybridized carbons (Fsp3) is 0.188. The van der Waals surface area contributed by atoms with Crippen LogP contribution in [-0.2, 0) is 6.54 Å². The highest BCUT2D eigenvalue weighted by Crippen LogP contribution is 2.18. The molecule has 0 heterocycles. The molecule has 4 heteroatoms. The lowest BCUT2D eigenvalue weighted by Crippen LogP contribution is -2.25. The maximum absolute atomic E-state index is 12.2. The van der Waals surface area contributed by atoms with Crippen LogP contribution in [0, 0.1) is 0 Å². The molecule has 0 fully saturated rings. The van der Waals surface area contributed by atoms with Gasteiger partial charge in [0.15, 0.2) is 5.78 Å². The minimum absolute atomic E-state index is 0.00477. The van der Waals surface area contributed by atoms with Gasteiger partial charge < -0.3 is 0 Å². The van der Waals surface area contributed by atoms with E-state index in [-0.39, 0.29) is 5.78 Å². The molecule has 2 aromatic carbocycles. The lowest BCUT2D eigenvalue weighted by molar-refractivity contribution is 0.0943. The van der Waals surface area contributed by atoms with Crippen LogP contribution in [0.1, 0.15) is 15.9 Å². The van der Waals surface area contributed by atoms with Crippen LogP contribution < -0.4 is 0 Å². The van der Waals surface area contributed by atoms with Crippen LogP contribution in [0.4, 0.5) is 0 Å². The summed E-state index contributed by atoms with van der Waals surface area (Å²) in [7, 11) is 1.89. The van der Waals surface area contributed by atoms with E-state index in [1.165, 1.54) is 0 Å². The largest absolute Gasteiger partial charge is 0.295 e. The van der Waals surface area contributed by atoms with Crippen LogP contribution in [0.5, 0.6) is 0 Å². The molecule has 0 spiro atoms. The van der Waals surface area contributed by atoms with Gasteiger partial charge in [0.1, 0.15) is 0 Å². The number of rotatable bonds is 5.